The van der Waals surface area contributed by atoms with Gasteiger partial charge in [0.2, 0.25) is 0 Å². The first-order valence-electron chi connectivity index (χ1n) is 9.24. The van der Waals surface area contributed by atoms with E-state index in [1.165, 1.54) is 0 Å². The molecule has 5 nitrogen and oxygen atoms in total. The number of hydrogen-bond donors (Lipinski definition) is 1. The van der Waals surface area contributed by atoms with Crippen LogP contribution in [0.1, 0.15) is 12.8 Å². The number of pyridine rings is 1. The number of ether oxygens (including phenoxy) is 2. The van der Waals surface area contributed by atoms with Crippen LogP contribution in [0.4, 0.5) is 5.82 Å². The molecule has 1 fully saturated rings. The lowest BCUT2D eigenvalue weighted by Crippen LogP contribution is -2.42. The third-order valence-corrected chi connectivity index (χ3v) is 5.32. The second-order valence-corrected chi connectivity index (χ2v) is 7.30. The molecule has 6 heteroatoms. The van der Waals surface area contributed by atoms with Crippen LogP contribution in [0, 0.1) is 5.92 Å². The Morgan fingerprint density at radius 2 is 1.88 bits per heavy atom. The van der Waals surface area contributed by atoms with Crippen molar-refractivity contribution in [1.29, 1.82) is 0 Å². The average Bonchev–Trinajstić information content (AvgIpc) is 2.69. The number of hydrogen-bond acceptors (Lipinski definition) is 5. The Hall–Kier alpha value is -1.98. The van der Waals surface area contributed by atoms with Crippen LogP contribution in [0.2, 0.25) is 5.02 Å². The van der Waals surface area contributed by atoms with Crippen molar-refractivity contribution in [2.75, 3.05) is 37.7 Å². The second-order valence-electron chi connectivity index (χ2n) is 6.90. The number of anilines is 1. The molecule has 0 spiro atoms. The maximum absolute atomic E-state index is 6.26. The zero-order valence-corrected chi connectivity index (χ0v) is 15.5. The smallest absolute Gasteiger partial charge is 0.161 e. The Morgan fingerprint density at radius 1 is 1.08 bits per heavy atom. The minimum atomic E-state index is 0.0670. The molecular formula is C20H24ClN3O2. The van der Waals surface area contributed by atoms with E-state index in [1.54, 1.807) is 6.20 Å². The molecule has 2 aliphatic rings. The molecule has 1 saturated heterocycles. The number of para-hydroxylation sites is 2. The number of fused-ring (bicyclic) bond motifs is 1. The van der Waals surface area contributed by atoms with Crippen molar-refractivity contribution in [1.82, 2.24) is 10.3 Å². The van der Waals surface area contributed by atoms with Crippen molar-refractivity contribution < 1.29 is 9.47 Å². The van der Waals surface area contributed by atoms with E-state index in [0.717, 1.165) is 61.4 Å². The first-order valence-corrected chi connectivity index (χ1v) is 9.62. The summed E-state index contributed by atoms with van der Waals surface area (Å²) in [7, 11) is 0. The van der Waals surface area contributed by atoms with Gasteiger partial charge in [-0.25, -0.2) is 4.98 Å². The third kappa shape index (κ3) is 4.05. The van der Waals surface area contributed by atoms with Crippen LogP contribution in [-0.2, 0) is 0 Å². The van der Waals surface area contributed by atoms with Gasteiger partial charge in [-0.1, -0.05) is 23.7 Å². The summed E-state index contributed by atoms with van der Waals surface area (Å²) < 4.78 is 11.8. The van der Waals surface area contributed by atoms with Gasteiger partial charge in [-0.05, 0) is 49.6 Å². The number of aromatic nitrogens is 1. The highest BCUT2D eigenvalue weighted by Gasteiger charge is 2.23. The van der Waals surface area contributed by atoms with Gasteiger partial charge < -0.3 is 19.7 Å². The normalized spacial score (nSPS) is 20.2. The maximum atomic E-state index is 6.26. The Morgan fingerprint density at radius 3 is 2.69 bits per heavy atom. The standard InChI is InChI=1S/C20H24ClN3O2/c21-17-4-3-9-23-20(17)24-10-7-15(8-11-24)12-22-13-16-14-25-18-5-1-2-6-19(18)26-16/h1-6,9,15-16,22H,7-8,10-14H2. The Balaban J connectivity index is 1.20. The fraction of sp³-hybridized carbons (Fsp3) is 0.450. The highest BCUT2D eigenvalue weighted by Crippen LogP contribution is 2.31. The molecule has 138 valence electrons. The molecule has 3 heterocycles. The lowest BCUT2D eigenvalue weighted by molar-refractivity contribution is 0.0894. The van der Waals surface area contributed by atoms with Gasteiger partial charge in [0, 0.05) is 25.8 Å². The highest BCUT2D eigenvalue weighted by atomic mass is 35.5. The predicted octanol–water partition coefficient (Wildman–Crippen LogP) is 3.38. The zero-order valence-electron chi connectivity index (χ0n) is 14.7. The molecule has 1 aromatic carbocycles. The van der Waals surface area contributed by atoms with Gasteiger partial charge in [-0.2, -0.15) is 0 Å². The molecule has 1 atom stereocenters. The van der Waals surface area contributed by atoms with E-state index >= 15 is 0 Å². The SMILES string of the molecule is Clc1cccnc1N1CCC(CNCC2COc3ccccc3O2)CC1. The van der Waals surface area contributed by atoms with E-state index < -0.39 is 0 Å². The minimum absolute atomic E-state index is 0.0670. The van der Waals surface area contributed by atoms with Crippen LogP contribution in [0.5, 0.6) is 11.5 Å². The van der Waals surface area contributed by atoms with Crippen molar-refractivity contribution in [2.24, 2.45) is 5.92 Å². The Kier molecular flexibility index (Phi) is 5.46. The topological polar surface area (TPSA) is 46.6 Å². The van der Waals surface area contributed by atoms with Crippen LogP contribution < -0.4 is 19.7 Å². The van der Waals surface area contributed by atoms with Crippen molar-refractivity contribution in [2.45, 2.75) is 18.9 Å². The van der Waals surface area contributed by atoms with E-state index in [1.807, 2.05) is 36.4 Å². The quantitative estimate of drug-likeness (QED) is 0.870. The van der Waals surface area contributed by atoms with Gasteiger partial charge in [-0.3, -0.25) is 0 Å². The highest BCUT2D eigenvalue weighted by molar-refractivity contribution is 6.32. The van der Waals surface area contributed by atoms with Crippen molar-refractivity contribution >= 4 is 17.4 Å². The van der Waals surface area contributed by atoms with Crippen LogP contribution >= 0.6 is 11.6 Å². The van der Waals surface area contributed by atoms with Gasteiger partial charge in [0.05, 0.1) is 5.02 Å². The summed E-state index contributed by atoms with van der Waals surface area (Å²) in [6.07, 6.45) is 4.16. The molecule has 4 rings (SSSR count). The van der Waals surface area contributed by atoms with E-state index in [2.05, 4.69) is 15.2 Å². The summed E-state index contributed by atoms with van der Waals surface area (Å²) in [6.45, 7) is 4.41. The van der Waals surface area contributed by atoms with Crippen molar-refractivity contribution in [3.8, 4) is 11.5 Å². The summed E-state index contributed by atoms with van der Waals surface area (Å²) in [6, 6.07) is 11.6. The fourth-order valence-electron chi connectivity index (χ4n) is 3.57. The first kappa shape index (κ1) is 17.4. The minimum Gasteiger partial charge on any atom is -0.486 e. The number of nitrogens with zero attached hydrogens (tertiary/aromatic N) is 2. The lowest BCUT2D eigenvalue weighted by Gasteiger charge is -2.33. The Bertz CT molecular complexity index is 735. The third-order valence-electron chi connectivity index (χ3n) is 5.03. The second kappa shape index (κ2) is 8.14. The average molecular weight is 374 g/mol. The monoisotopic (exact) mass is 373 g/mol. The number of benzene rings is 1. The molecule has 1 N–H and O–H groups in total. The van der Waals surface area contributed by atoms with Crippen LogP contribution in [0.3, 0.4) is 0 Å². The molecule has 0 amide bonds. The molecule has 1 aromatic heterocycles. The summed E-state index contributed by atoms with van der Waals surface area (Å²) in [5.41, 5.74) is 0. The summed E-state index contributed by atoms with van der Waals surface area (Å²) in [5, 5.41) is 4.29. The number of piperidine rings is 1. The van der Waals surface area contributed by atoms with Gasteiger partial charge in [0.1, 0.15) is 18.5 Å². The lowest BCUT2D eigenvalue weighted by atomic mass is 9.96. The van der Waals surface area contributed by atoms with Gasteiger partial charge in [0.15, 0.2) is 11.5 Å². The van der Waals surface area contributed by atoms with Crippen LogP contribution in [-0.4, -0.2) is 43.9 Å². The van der Waals surface area contributed by atoms with Gasteiger partial charge >= 0.3 is 0 Å². The summed E-state index contributed by atoms with van der Waals surface area (Å²) in [4.78, 5) is 6.70. The van der Waals surface area contributed by atoms with Gasteiger partial charge in [0.25, 0.3) is 0 Å². The Labute approximate surface area is 159 Å². The molecule has 2 aromatic rings. The van der Waals surface area contributed by atoms with E-state index in [-0.39, 0.29) is 6.10 Å². The largest absolute Gasteiger partial charge is 0.486 e. The molecule has 1 unspecified atom stereocenters. The van der Waals surface area contributed by atoms with E-state index in [0.29, 0.717) is 12.5 Å². The van der Waals surface area contributed by atoms with Crippen molar-refractivity contribution in [3.05, 3.63) is 47.6 Å². The van der Waals surface area contributed by atoms with Crippen LogP contribution in [0.25, 0.3) is 0 Å². The number of rotatable bonds is 5. The molecule has 26 heavy (non-hydrogen) atoms. The summed E-state index contributed by atoms with van der Waals surface area (Å²) >= 11 is 6.26. The molecular weight excluding hydrogens is 350 g/mol. The maximum Gasteiger partial charge on any atom is 0.161 e. The predicted molar refractivity (Wildman–Crippen MR) is 103 cm³/mol. The van der Waals surface area contributed by atoms with Crippen molar-refractivity contribution in [3.63, 3.8) is 0 Å². The van der Waals surface area contributed by atoms with Gasteiger partial charge in [-0.15, -0.1) is 0 Å². The molecule has 2 aliphatic heterocycles. The molecule has 0 aliphatic carbocycles. The first-order chi connectivity index (χ1) is 12.8. The van der Waals surface area contributed by atoms with Crippen LogP contribution in [0.15, 0.2) is 42.6 Å². The fourth-order valence-corrected chi connectivity index (χ4v) is 3.81. The van der Waals surface area contributed by atoms with E-state index in [9.17, 15) is 0 Å². The van der Waals surface area contributed by atoms with E-state index in [4.69, 9.17) is 21.1 Å². The molecule has 0 bridgehead atoms. The summed E-state index contributed by atoms with van der Waals surface area (Å²) in [5.74, 6) is 3.26. The molecule has 0 radical (unpaired) electrons. The zero-order chi connectivity index (χ0) is 17.8. The number of nitrogens with one attached hydrogen (secondary N) is 1. The molecule has 0 saturated carbocycles. The number of halogens is 1.